The Hall–Kier alpha value is -6.52. The second-order valence-electron chi connectivity index (χ2n) is 16.9. The number of rotatable bonds is 2. The van der Waals surface area contributed by atoms with Crippen LogP contribution in [-0.4, -0.2) is 18.3 Å². The summed E-state index contributed by atoms with van der Waals surface area (Å²) in [7, 11) is 8.74. The van der Waals surface area contributed by atoms with Crippen molar-refractivity contribution in [3.05, 3.63) is 144 Å². The zero-order valence-electron chi connectivity index (χ0n) is 34.8. The first-order valence-electron chi connectivity index (χ1n) is 20.8. The molecule has 0 saturated heterocycles. The summed E-state index contributed by atoms with van der Waals surface area (Å²) >= 11 is 0. The molecule has 0 atom stereocenters. The summed E-state index contributed by atoms with van der Waals surface area (Å²) in [6.45, 7) is 8.76. The Morgan fingerprint density at radius 3 is 0.845 bits per heavy atom. The molecule has 4 heterocycles. The Kier molecular flexibility index (Phi) is 7.47. The van der Waals surface area contributed by atoms with Gasteiger partial charge in [0.15, 0.2) is 0 Å². The molecule has 0 fully saturated rings. The smallest absolute Gasteiger partial charge is 0.0495 e. The Labute approximate surface area is 338 Å². The van der Waals surface area contributed by atoms with Gasteiger partial charge in [0, 0.05) is 115 Å². The van der Waals surface area contributed by atoms with Crippen molar-refractivity contribution in [1.29, 1.82) is 0 Å². The highest BCUT2D eigenvalue weighted by Crippen LogP contribution is 2.39. The summed E-state index contributed by atoms with van der Waals surface area (Å²) < 4.78 is 9.36. The third-order valence-corrected chi connectivity index (χ3v) is 13.4. The van der Waals surface area contributed by atoms with Crippen molar-refractivity contribution in [2.45, 2.75) is 40.5 Å². The highest BCUT2D eigenvalue weighted by molar-refractivity contribution is 6.19. The maximum absolute atomic E-state index is 2.38. The number of nitrogens with zero attached hydrogens (tertiary/aromatic N) is 4. The van der Waals surface area contributed by atoms with Crippen LogP contribution in [0.1, 0.15) is 36.1 Å². The topological polar surface area (TPSA) is 19.7 Å². The van der Waals surface area contributed by atoms with E-state index < -0.39 is 0 Å². The van der Waals surface area contributed by atoms with Crippen LogP contribution in [0.2, 0.25) is 0 Å². The van der Waals surface area contributed by atoms with Crippen LogP contribution in [-0.2, 0) is 41.0 Å². The molecule has 0 N–H and O–H groups in total. The van der Waals surface area contributed by atoms with Crippen LogP contribution in [0.15, 0.2) is 121 Å². The second kappa shape index (κ2) is 12.5. The largest absolute Gasteiger partial charge is 0.344 e. The molecule has 4 nitrogen and oxygen atoms in total. The molecule has 284 valence electrons. The average molecular weight is 753 g/mol. The van der Waals surface area contributed by atoms with Crippen molar-refractivity contribution >= 4 is 109 Å². The summed E-state index contributed by atoms with van der Waals surface area (Å²) in [5, 5.41) is 15.9. The van der Waals surface area contributed by atoms with Crippen LogP contribution in [0.25, 0.3) is 109 Å². The third-order valence-electron chi connectivity index (χ3n) is 13.4. The standard InChI is InChI=1S/C28H26N2.C26H22N2/c1-5-17-7-9-21-23-13-19-16-28-24(14-20(19)15-27(23)29(3)25(21)11-17)22-10-8-18(6-2)12-26(22)30(28)4;1-15-5-7-19-21-11-17-14-26-22(20-8-6-16(2)10-24(20)28(26)4)12-18(17)13-25(21)27(3)23(19)9-15/h7-16H,5-6H2,1-4H3;5-14H,1-4H3. The third kappa shape index (κ3) is 4.94. The van der Waals surface area contributed by atoms with Crippen LogP contribution in [0.3, 0.4) is 0 Å². The minimum atomic E-state index is 1.07. The molecule has 0 aliphatic rings. The zero-order chi connectivity index (χ0) is 39.7. The van der Waals surface area contributed by atoms with Gasteiger partial charge in [-0.15, -0.1) is 0 Å². The number of hydrogen-bond donors (Lipinski definition) is 0. The van der Waals surface area contributed by atoms with E-state index in [-0.39, 0.29) is 0 Å². The minimum Gasteiger partial charge on any atom is -0.344 e. The van der Waals surface area contributed by atoms with Crippen LogP contribution < -0.4 is 0 Å². The van der Waals surface area contributed by atoms with Gasteiger partial charge < -0.3 is 18.3 Å². The van der Waals surface area contributed by atoms with Crippen LogP contribution in [0, 0.1) is 13.8 Å². The second-order valence-corrected chi connectivity index (χ2v) is 16.9. The van der Waals surface area contributed by atoms with E-state index >= 15 is 0 Å². The normalized spacial score (nSPS) is 12.3. The van der Waals surface area contributed by atoms with E-state index in [0.717, 1.165) is 12.8 Å². The number of aromatic nitrogens is 4. The molecular weight excluding hydrogens is 705 g/mol. The van der Waals surface area contributed by atoms with Crippen LogP contribution >= 0.6 is 0 Å². The molecule has 4 heteroatoms. The van der Waals surface area contributed by atoms with Crippen molar-refractivity contribution in [2.75, 3.05) is 0 Å². The van der Waals surface area contributed by atoms with Gasteiger partial charge >= 0.3 is 0 Å². The molecule has 0 radical (unpaired) electrons. The Morgan fingerprint density at radius 2 is 0.552 bits per heavy atom. The first-order valence-corrected chi connectivity index (χ1v) is 20.8. The van der Waals surface area contributed by atoms with E-state index in [2.05, 4.69) is 195 Å². The number of aryl methyl sites for hydroxylation is 8. The fourth-order valence-electron chi connectivity index (χ4n) is 10.0. The molecular formula is C54H48N4. The summed E-state index contributed by atoms with van der Waals surface area (Å²) in [6, 6.07) is 46.3. The van der Waals surface area contributed by atoms with Crippen molar-refractivity contribution in [3.8, 4) is 0 Å². The summed E-state index contributed by atoms with van der Waals surface area (Å²) in [5.41, 5.74) is 15.8. The van der Waals surface area contributed by atoms with E-state index in [1.165, 1.54) is 131 Å². The van der Waals surface area contributed by atoms with Gasteiger partial charge in [0.2, 0.25) is 0 Å². The average Bonchev–Trinajstić information content (AvgIpc) is 3.87. The molecule has 0 amide bonds. The molecule has 58 heavy (non-hydrogen) atoms. The lowest BCUT2D eigenvalue weighted by atomic mass is 10.0. The summed E-state index contributed by atoms with van der Waals surface area (Å²) in [4.78, 5) is 0. The molecule has 8 aromatic carbocycles. The van der Waals surface area contributed by atoms with E-state index in [1.807, 2.05) is 0 Å². The van der Waals surface area contributed by atoms with E-state index in [0.29, 0.717) is 0 Å². The maximum atomic E-state index is 2.38. The first kappa shape index (κ1) is 34.7. The van der Waals surface area contributed by atoms with Crippen LogP contribution in [0.5, 0.6) is 0 Å². The zero-order valence-corrected chi connectivity index (χ0v) is 34.8. The molecule has 0 saturated carbocycles. The number of hydrogen-bond acceptors (Lipinski definition) is 0. The lowest BCUT2D eigenvalue weighted by molar-refractivity contribution is 1.01. The van der Waals surface area contributed by atoms with Gasteiger partial charge in [0.05, 0.1) is 0 Å². The Balaban J connectivity index is 0.000000133. The molecule has 0 spiro atoms. The number of fused-ring (bicyclic) bond motifs is 14. The summed E-state index contributed by atoms with van der Waals surface area (Å²) in [6.07, 6.45) is 2.13. The molecule has 4 aromatic heterocycles. The Bertz CT molecular complexity index is 3460. The van der Waals surface area contributed by atoms with Gasteiger partial charge in [-0.1, -0.05) is 62.4 Å². The van der Waals surface area contributed by atoms with E-state index in [9.17, 15) is 0 Å². The van der Waals surface area contributed by atoms with Gasteiger partial charge in [-0.3, -0.25) is 0 Å². The van der Waals surface area contributed by atoms with Gasteiger partial charge in [0.1, 0.15) is 0 Å². The molecule has 0 aliphatic carbocycles. The molecule has 12 aromatic rings. The molecule has 0 bridgehead atoms. The fraction of sp³-hybridized carbons (Fsp3) is 0.185. The van der Waals surface area contributed by atoms with E-state index in [1.54, 1.807) is 0 Å². The fourth-order valence-corrected chi connectivity index (χ4v) is 10.0. The van der Waals surface area contributed by atoms with Gasteiger partial charge in [0.25, 0.3) is 0 Å². The van der Waals surface area contributed by atoms with Gasteiger partial charge in [-0.25, -0.2) is 0 Å². The van der Waals surface area contributed by atoms with Crippen molar-refractivity contribution < 1.29 is 0 Å². The van der Waals surface area contributed by atoms with Crippen molar-refractivity contribution in [2.24, 2.45) is 28.2 Å². The van der Waals surface area contributed by atoms with Crippen LogP contribution in [0.4, 0.5) is 0 Å². The minimum absolute atomic E-state index is 1.07. The SMILES string of the molecule is CCc1ccc2c3cc4cc5c(cc4cc3n(C)c2c1)c1ccc(CC)cc1n5C.Cc1ccc2c3cc4cc5c(cc4cc3n(C)c2c1)c1ccc(C)cc1n5C. The predicted octanol–water partition coefficient (Wildman–Crippen LogP) is 14.0. The molecule has 0 aliphatic heterocycles. The lowest BCUT2D eigenvalue weighted by Crippen LogP contribution is -1.89. The lowest BCUT2D eigenvalue weighted by Gasteiger charge is -2.04. The first-order chi connectivity index (χ1) is 28.1. The van der Waals surface area contributed by atoms with Crippen molar-refractivity contribution in [3.63, 3.8) is 0 Å². The Morgan fingerprint density at radius 1 is 0.293 bits per heavy atom. The quantitative estimate of drug-likeness (QED) is 0.168. The van der Waals surface area contributed by atoms with E-state index in [4.69, 9.17) is 0 Å². The molecule has 12 rings (SSSR count). The highest BCUT2D eigenvalue weighted by atomic mass is 15.0. The molecule has 0 unspecified atom stereocenters. The predicted molar refractivity (Wildman–Crippen MR) is 252 cm³/mol. The highest BCUT2D eigenvalue weighted by Gasteiger charge is 2.16. The van der Waals surface area contributed by atoms with Gasteiger partial charge in [-0.05, 0) is 143 Å². The maximum Gasteiger partial charge on any atom is 0.0495 e. The number of benzene rings is 8. The van der Waals surface area contributed by atoms with Gasteiger partial charge in [-0.2, -0.15) is 0 Å². The summed E-state index contributed by atoms with van der Waals surface area (Å²) in [5.74, 6) is 0. The van der Waals surface area contributed by atoms with Crippen molar-refractivity contribution in [1.82, 2.24) is 18.3 Å². The monoisotopic (exact) mass is 752 g/mol.